The minimum Gasteiger partial charge on any atom is -0.352 e. The summed E-state index contributed by atoms with van der Waals surface area (Å²) in [6, 6.07) is 8.84. The summed E-state index contributed by atoms with van der Waals surface area (Å²) in [5, 5.41) is 3.22. The highest BCUT2D eigenvalue weighted by Gasteiger charge is 2.32. The second-order valence-electron chi connectivity index (χ2n) is 8.26. The molecule has 2 aromatic carbocycles. The summed E-state index contributed by atoms with van der Waals surface area (Å²) in [5.41, 5.74) is 0.634. The topological polar surface area (TPSA) is 86.8 Å². The van der Waals surface area contributed by atoms with Crippen LogP contribution in [0.15, 0.2) is 42.5 Å². The highest BCUT2D eigenvalue weighted by Crippen LogP contribution is 2.31. The molecular formula is C24H30Cl2FN3O4S. The molecule has 192 valence electrons. The van der Waals surface area contributed by atoms with Gasteiger partial charge in [0.05, 0.1) is 17.0 Å². The zero-order valence-electron chi connectivity index (χ0n) is 20.1. The Kier molecular flexibility index (Phi) is 10.4. The molecule has 0 spiro atoms. The standard InChI is InChI=1S/C24H30Cl2FN3O4S/c1-5-16(3)28-24(32)21(6-2)29(14-17-7-10-19(27)11-8-17)23(31)15-30(35(4,33)34)22-13-18(25)9-12-20(22)26/h7-13,16,21H,5-6,14-15H2,1-4H3,(H,28,32)/t16-,21-/m1/s1. The second kappa shape index (κ2) is 12.6. The number of rotatable bonds is 11. The number of nitrogens with zero attached hydrogens (tertiary/aromatic N) is 2. The van der Waals surface area contributed by atoms with Crippen molar-refractivity contribution in [3.63, 3.8) is 0 Å². The van der Waals surface area contributed by atoms with Crippen LogP contribution in [-0.4, -0.2) is 50.0 Å². The van der Waals surface area contributed by atoms with Crippen LogP contribution in [0.25, 0.3) is 0 Å². The Hall–Kier alpha value is -2.36. The molecule has 0 aromatic heterocycles. The molecule has 0 unspecified atom stereocenters. The van der Waals surface area contributed by atoms with E-state index in [-0.39, 0.29) is 40.6 Å². The highest BCUT2D eigenvalue weighted by molar-refractivity contribution is 7.92. The normalized spacial score (nSPS) is 13.1. The van der Waals surface area contributed by atoms with Gasteiger partial charge in [0.1, 0.15) is 18.4 Å². The van der Waals surface area contributed by atoms with E-state index in [1.165, 1.54) is 47.4 Å². The third kappa shape index (κ3) is 8.08. The van der Waals surface area contributed by atoms with Gasteiger partial charge < -0.3 is 10.2 Å². The van der Waals surface area contributed by atoms with Gasteiger partial charge in [0.15, 0.2) is 0 Å². The van der Waals surface area contributed by atoms with Gasteiger partial charge in [0.25, 0.3) is 0 Å². The van der Waals surface area contributed by atoms with Crippen LogP contribution in [0.5, 0.6) is 0 Å². The number of hydrogen-bond acceptors (Lipinski definition) is 4. The van der Waals surface area contributed by atoms with E-state index >= 15 is 0 Å². The molecule has 0 bridgehead atoms. The van der Waals surface area contributed by atoms with E-state index in [1.54, 1.807) is 6.92 Å². The van der Waals surface area contributed by atoms with Crippen LogP contribution < -0.4 is 9.62 Å². The van der Waals surface area contributed by atoms with Crippen LogP contribution in [0.4, 0.5) is 10.1 Å². The number of carbonyl (C=O) groups excluding carboxylic acids is 2. The van der Waals surface area contributed by atoms with Crippen molar-refractivity contribution in [3.8, 4) is 0 Å². The molecule has 11 heteroatoms. The van der Waals surface area contributed by atoms with E-state index in [9.17, 15) is 22.4 Å². The van der Waals surface area contributed by atoms with Gasteiger partial charge in [0.2, 0.25) is 21.8 Å². The van der Waals surface area contributed by atoms with Gasteiger partial charge in [-0.3, -0.25) is 13.9 Å². The third-order valence-electron chi connectivity index (χ3n) is 5.51. The largest absolute Gasteiger partial charge is 0.352 e. The monoisotopic (exact) mass is 545 g/mol. The molecule has 2 atom stereocenters. The van der Waals surface area contributed by atoms with E-state index < -0.39 is 34.3 Å². The number of sulfonamides is 1. The molecule has 35 heavy (non-hydrogen) atoms. The van der Waals surface area contributed by atoms with Crippen molar-refractivity contribution in [2.45, 2.75) is 52.2 Å². The number of benzene rings is 2. The molecule has 2 rings (SSSR count). The maximum atomic E-state index is 13.6. The van der Waals surface area contributed by atoms with Crippen LogP contribution in [0.3, 0.4) is 0 Å². The predicted octanol–water partition coefficient (Wildman–Crippen LogP) is 4.62. The SMILES string of the molecule is CC[C@@H](C)NC(=O)[C@@H](CC)N(Cc1ccc(F)cc1)C(=O)CN(c1cc(Cl)ccc1Cl)S(C)(=O)=O. The number of hydrogen-bond donors (Lipinski definition) is 1. The van der Waals surface area contributed by atoms with E-state index in [1.807, 2.05) is 13.8 Å². The number of carbonyl (C=O) groups is 2. The van der Waals surface area contributed by atoms with Gasteiger partial charge >= 0.3 is 0 Å². The predicted molar refractivity (Wildman–Crippen MR) is 138 cm³/mol. The zero-order valence-corrected chi connectivity index (χ0v) is 22.4. The van der Waals surface area contributed by atoms with Crippen molar-refractivity contribution in [2.24, 2.45) is 0 Å². The van der Waals surface area contributed by atoms with Gasteiger partial charge in [-0.2, -0.15) is 0 Å². The maximum absolute atomic E-state index is 13.6. The molecule has 2 amide bonds. The van der Waals surface area contributed by atoms with E-state index in [4.69, 9.17) is 23.2 Å². The Bertz CT molecular complexity index is 1150. The van der Waals surface area contributed by atoms with Crippen molar-refractivity contribution in [1.29, 1.82) is 0 Å². The summed E-state index contributed by atoms with van der Waals surface area (Å²) in [5.74, 6) is -1.42. The second-order valence-corrected chi connectivity index (χ2v) is 11.0. The van der Waals surface area contributed by atoms with E-state index in [0.29, 0.717) is 12.0 Å². The molecule has 0 fully saturated rings. The van der Waals surface area contributed by atoms with Gasteiger partial charge in [-0.05, 0) is 55.7 Å². The van der Waals surface area contributed by atoms with Crippen molar-refractivity contribution in [3.05, 3.63) is 63.9 Å². The molecule has 0 saturated carbocycles. The maximum Gasteiger partial charge on any atom is 0.244 e. The summed E-state index contributed by atoms with van der Waals surface area (Å²) in [6.07, 6.45) is 1.93. The van der Waals surface area contributed by atoms with Crippen LogP contribution in [0, 0.1) is 5.82 Å². The summed E-state index contributed by atoms with van der Waals surface area (Å²) in [4.78, 5) is 27.9. The summed E-state index contributed by atoms with van der Waals surface area (Å²) >= 11 is 12.3. The van der Waals surface area contributed by atoms with E-state index in [0.717, 1.165) is 10.6 Å². The number of amides is 2. The molecule has 0 radical (unpaired) electrons. The number of halogens is 3. The summed E-state index contributed by atoms with van der Waals surface area (Å²) < 4.78 is 39.6. The van der Waals surface area contributed by atoms with Crippen LogP contribution >= 0.6 is 23.2 Å². The van der Waals surface area contributed by atoms with Crippen molar-refractivity contribution in [1.82, 2.24) is 10.2 Å². The van der Waals surface area contributed by atoms with Crippen LogP contribution in [-0.2, 0) is 26.2 Å². The number of nitrogens with one attached hydrogen (secondary N) is 1. The van der Waals surface area contributed by atoms with Crippen molar-refractivity contribution in [2.75, 3.05) is 17.1 Å². The molecule has 0 saturated heterocycles. The quantitative estimate of drug-likeness (QED) is 0.446. The van der Waals surface area contributed by atoms with Gasteiger partial charge in [-0.15, -0.1) is 0 Å². The van der Waals surface area contributed by atoms with Crippen LogP contribution in [0.1, 0.15) is 39.2 Å². The lowest BCUT2D eigenvalue weighted by atomic mass is 10.1. The lowest BCUT2D eigenvalue weighted by molar-refractivity contribution is -0.140. The Morgan fingerprint density at radius 1 is 1.06 bits per heavy atom. The molecule has 0 aliphatic heterocycles. The first-order chi connectivity index (χ1) is 16.4. The molecule has 2 aromatic rings. The minimum absolute atomic E-state index is 0.0214. The molecule has 7 nitrogen and oxygen atoms in total. The molecular weight excluding hydrogens is 516 g/mol. The van der Waals surface area contributed by atoms with Crippen molar-refractivity contribution < 1.29 is 22.4 Å². The number of anilines is 1. The molecule has 1 N–H and O–H groups in total. The van der Waals surface area contributed by atoms with Gasteiger partial charge in [-0.25, -0.2) is 12.8 Å². The van der Waals surface area contributed by atoms with Crippen LogP contribution in [0.2, 0.25) is 10.0 Å². The first kappa shape index (κ1) is 28.9. The average Bonchev–Trinajstić information content (AvgIpc) is 2.79. The first-order valence-corrected chi connectivity index (χ1v) is 13.7. The summed E-state index contributed by atoms with van der Waals surface area (Å²) in [7, 11) is -3.95. The van der Waals surface area contributed by atoms with Gasteiger partial charge in [0, 0.05) is 17.6 Å². The smallest absolute Gasteiger partial charge is 0.244 e. The van der Waals surface area contributed by atoms with Gasteiger partial charge in [-0.1, -0.05) is 49.2 Å². The first-order valence-electron chi connectivity index (χ1n) is 11.1. The fourth-order valence-electron chi connectivity index (χ4n) is 3.42. The highest BCUT2D eigenvalue weighted by atomic mass is 35.5. The fraction of sp³-hybridized carbons (Fsp3) is 0.417. The molecule has 0 heterocycles. The lowest BCUT2D eigenvalue weighted by Gasteiger charge is -2.33. The Labute approximate surface area is 216 Å². The third-order valence-corrected chi connectivity index (χ3v) is 7.19. The Morgan fingerprint density at radius 2 is 1.69 bits per heavy atom. The van der Waals surface area contributed by atoms with E-state index in [2.05, 4.69) is 5.32 Å². The minimum atomic E-state index is -3.95. The zero-order chi connectivity index (χ0) is 26.3. The lowest BCUT2D eigenvalue weighted by Crippen LogP contribution is -2.53. The Balaban J connectivity index is 2.47. The Morgan fingerprint density at radius 3 is 2.23 bits per heavy atom. The molecule has 0 aliphatic rings. The summed E-state index contributed by atoms with van der Waals surface area (Å²) in [6.45, 7) is 4.91. The van der Waals surface area contributed by atoms with Crippen molar-refractivity contribution >= 4 is 50.7 Å². The molecule has 0 aliphatic carbocycles. The fourth-order valence-corrected chi connectivity index (χ4v) is 4.71. The average molecular weight is 546 g/mol.